The summed E-state index contributed by atoms with van der Waals surface area (Å²) in [7, 11) is 0. The van der Waals surface area contributed by atoms with Gasteiger partial charge >= 0.3 is 0 Å². The molecule has 0 aliphatic carbocycles. The number of hydrogen-bond acceptors (Lipinski definition) is 3. The molecule has 0 saturated heterocycles. The molecule has 3 heteroatoms. The first-order valence-electron chi connectivity index (χ1n) is 5.84. The summed E-state index contributed by atoms with van der Waals surface area (Å²) in [5, 5.41) is 0. The van der Waals surface area contributed by atoms with Crippen molar-refractivity contribution in [2.75, 3.05) is 6.61 Å². The van der Waals surface area contributed by atoms with Crippen LogP contribution in [0.1, 0.15) is 53.4 Å². The zero-order valence-corrected chi connectivity index (χ0v) is 10.9. The Bertz CT molecular complexity index is 219. The third kappa shape index (κ3) is 7.57. The van der Waals surface area contributed by atoms with Crippen molar-refractivity contribution in [3.8, 4) is 0 Å². The predicted octanol–water partition coefficient (Wildman–Crippen LogP) is 2.77. The number of rotatable bonds is 9. The molecular formula is C13H24O3. The van der Waals surface area contributed by atoms with Crippen molar-refractivity contribution >= 4 is 12.6 Å². The van der Waals surface area contributed by atoms with Gasteiger partial charge in [-0.15, -0.1) is 0 Å². The Balaban J connectivity index is 3.87. The van der Waals surface area contributed by atoms with Crippen molar-refractivity contribution in [3.63, 3.8) is 0 Å². The lowest BCUT2D eigenvalue weighted by Gasteiger charge is -2.28. The first-order valence-corrected chi connectivity index (χ1v) is 5.84. The van der Waals surface area contributed by atoms with E-state index in [9.17, 15) is 9.59 Å². The van der Waals surface area contributed by atoms with Gasteiger partial charge in [-0.05, 0) is 32.1 Å². The summed E-state index contributed by atoms with van der Waals surface area (Å²) in [6.45, 7) is 8.73. The van der Waals surface area contributed by atoms with E-state index in [1.807, 2.05) is 13.8 Å². The highest BCUT2D eigenvalue weighted by Gasteiger charge is 2.21. The van der Waals surface area contributed by atoms with E-state index in [1.54, 1.807) is 0 Å². The molecule has 0 aromatic carbocycles. The number of ether oxygens (including phenoxy) is 1. The highest BCUT2D eigenvalue weighted by Crippen LogP contribution is 2.25. The van der Waals surface area contributed by atoms with Gasteiger partial charge in [0.1, 0.15) is 12.6 Å². The van der Waals surface area contributed by atoms with E-state index in [0.29, 0.717) is 19.4 Å². The van der Waals surface area contributed by atoms with Crippen LogP contribution >= 0.6 is 0 Å². The molecule has 0 aromatic heterocycles. The highest BCUT2D eigenvalue weighted by molar-refractivity contribution is 5.50. The Labute approximate surface area is 98.6 Å². The molecule has 0 amide bonds. The van der Waals surface area contributed by atoms with Crippen LogP contribution in [0, 0.1) is 5.41 Å². The molecule has 0 unspecified atom stereocenters. The van der Waals surface area contributed by atoms with Gasteiger partial charge in [-0.25, -0.2) is 0 Å². The summed E-state index contributed by atoms with van der Waals surface area (Å²) in [6.07, 6.45) is 4.57. The first-order chi connectivity index (χ1) is 7.33. The zero-order chi connectivity index (χ0) is 12.7. The van der Waals surface area contributed by atoms with Gasteiger partial charge in [-0.2, -0.15) is 0 Å². The average molecular weight is 228 g/mol. The predicted molar refractivity (Wildman–Crippen MR) is 64.4 cm³/mol. The average Bonchev–Trinajstić information content (AvgIpc) is 2.14. The van der Waals surface area contributed by atoms with E-state index in [0.717, 1.165) is 25.4 Å². The summed E-state index contributed by atoms with van der Waals surface area (Å²) in [6, 6.07) is 0. The van der Waals surface area contributed by atoms with Crippen LogP contribution in [-0.4, -0.2) is 24.8 Å². The maximum Gasteiger partial charge on any atom is 0.120 e. The topological polar surface area (TPSA) is 43.4 Å². The molecule has 0 spiro atoms. The minimum Gasteiger partial charge on any atom is -0.376 e. The van der Waals surface area contributed by atoms with E-state index >= 15 is 0 Å². The van der Waals surface area contributed by atoms with Crippen LogP contribution in [0.2, 0.25) is 0 Å². The molecule has 0 heterocycles. The second kappa shape index (κ2) is 6.79. The molecule has 0 bridgehead atoms. The second-order valence-electron chi connectivity index (χ2n) is 5.60. The minimum absolute atomic E-state index is 0.00247. The van der Waals surface area contributed by atoms with Gasteiger partial charge in [-0.3, -0.25) is 0 Å². The van der Waals surface area contributed by atoms with Crippen molar-refractivity contribution in [2.24, 2.45) is 5.41 Å². The molecular weight excluding hydrogens is 204 g/mol. The molecule has 0 radical (unpaired) electrons. The SMILES string of the molecule is CC(C)(CC=O)CCOC(C)(C)CCC=O. The van der Waals surface area contributed by atoms with Crippen LogP contribution in [-0.2, 0) is 14.3 Å². The van der Waals surface area contributed by atoms with E-state index in [-0.39, 0.29) is 11.0 Å². The van der Waals surface area contributed by atoms with Crippen LogP contribution in [0.5, 0.6) is 0 Å². The molecule has 0 aliphatic heterocycles. The maximum atomic E-state index is 10.4. The van der Waals surface area contributed by atoms with Crippen LogP contribution in [0.15, 0.2) is 0 Å². The van der Waals surface area contributed by atoms with E-state index in [1.165, 1.54) is 0 Å². The Hall–Kier alpha value is -0.700. The van der Waals surface area contributed by atoms with Gasteiger partial charge in [0, 0.05) is 19.4 Å². The second-order valence-corrected chi connectivity index (χ2v) is 5.60. The largest absolute Gasteiger partial charge is 0.376 e. The summed E-state index contributed by atoms with van der Waals surface area (Å²) >= 11 is 0. The quantitative estimate of drug-likeness (QED) is 0.570. The molecule has 0 aliphatic rings. The molecule has 0 saturated carbocycles. The minimum atomic E-state index is -0.252. The van der Waals surface area contributed by atoms with Gasteiger partial charge in [0.2, 0.25) is 0 Å². The van der Waals surface area contributed by atoms with Crippen molar-refractivity contribution in [1.29, 1.82) is 0 Å². The number of aldehydes is 2. The third-order valence-electron chi connectivity index (χ3n) is 2.77. The summed E-state index contributed by atoms with van der Waals surface area (Å²) < 4.78 is 5.74. The Kier molecular flexibility index (Phi) is 6.49. The molecule has 0 rings (SSSR count). The molecule has 0 aromatic rings. The van der Waals surface area contributed by atoms with Crippen LogP contribution in [0.4, 0.5) is 0 Å². The summed E-state index contributed by atoms with van der Waals surface area (Å²) in [5.41, 5.74) is -0.249. The smallest absolute Gasteiger partial charge is 0.120 e. The maximum absolute atomic E-state index is 10.4. The Morgan fingerprint density at radius 1 is 1.00 bits per heavy atom. The van der Waals surface area contributed by atoms with Crippen molar-refractivity contribution in [2.45, 2.75) is 59.0 Å². The fraction of sp³-hybridized carbons (Fsp3) is 0.846. The van der Waals surface area contributed by atoms with Gasteiger partial charge in [0.25, 0.3) is 0 Å². The summed E-state index contributed by atoms with van der Waals surface area (Å²) in [5.74, 6) is 0. The van der Waals surface area contributed by atoms with Crippen molar-refractivity contribution in [3.05, 3.63) is 0 Å². The number of carbonyl (C=O) groups is 2. The van der Waals surface area contributed by atoms with Gasteiger partial charge in [0.15, 0.2) is 0 Å². The van der Waals surface area contributed by atoms with Gasteiger partial charge in [0.05, 0.1) is 5.60 Å². The Morgan fingerprint density at radius 2 is 1.62 bits per heavy atom. The monoisotopic (exact) mass is 228 g/mol. The van der Waals surface area contributed by atoms with E-state index in [4.69, 9.17) is 4.74 Å². The fourth-order valence-corrected chi connectivity index (χ4v) is 1.41. The van der Waals surface area contributed by atoms with Crippen LogP contribution < -0.4 is 0 Å². The van der Waals surface area contributed by atoms with Crippen molar-refractivity contribution in [1.82, 2.24) is 0 Å². The van der Waals surface area contributed by atoms with Crippen LogP contribution in [0.25, 0.3) is 0 Å². The molecule has 3 nitrogen and oxygen atoms in total. The van der Waals surface area contributed by atoms with E-state index in [2.05, 4.69) is 13.8 Å². The van der Waals surface area contributed by atoms with Gasteiger partial charge < -0.3 is 14.3 Å². The highest BCUT2D eigenvalue weighted by atomic mass is 16.5. The first kappa shape index (κ1) is 15.3. The summed E-state index contributed by atoms with van der Waals surface area (Å²) in [4.78, 5) is 20.7. The standard InChI is InChI=1S/C13H24O3/c1-12(2,7-10-15)8-11-16-13(3,4)6-5-9-14/h9-10H,5-8,11H2,1-4H3. The van der Waals surface area contributed by atoms with E-state index < -0.39 is 0 Å². The molecule has 0 N–H and O–H groups in total. The third-order valence-corrected chi connectivity index (χ3v) is 2.77. The zero-order valence-electron chi connectivity index (χ0n) is 10.9. The molecule has 94 valence electrons. The lowest BCUT2D eigenvalue weighted by atomic mass is 9.86. The number of hydrogen-bond donors (Lipinski definition) is 0. The lowest BCUT2D eigenvalue weighted by Crippen LogP contribution is -2.27. The van der Waals surface area contributed by atoms with Crippen LogP contribution in [0.3, 0.4) is 0 Å². The fourth-order valence-electron chi connectivity index (χ4n) is 1.41. The number of carbonyl (C=O) groups excluding carboxylic acids is 2. The van der Waals surface area contributed by atoms with Crippen molar-refractivity contribution < 1.29 is 14.3 Å². The molecule has 0 atom stereocenters. The Morgan fingerprint density at radius 3 is 2.12 bits per heavy atom. The van der Waals surface area contributed by atoms with Gasteiger partial charge in [-0.1, -0.05) is 13.8 Å². The lowest BCUT2D eigenvalue weighted by molar-refractivity contribution is -0.111. The molecule has 0 fully saturated rings. The molecule has 16 heavy (non-hydrogen) atoms. The normalized spacial score (nSPS) is 12.5.